The normalized spacial score (nSPS) is 9.30. The summed E-state index contributed by atoms with van der Waals surface area (Å²) in [5.74, 6) is 0.311. The molecule has 0 aromatic heterocycles. The van der Waals surface area contributed by atoms with Gasteiger partial charge in [-0.25, -0.2) is 0 Å². The molecule has 0 saturated heterocycles. The van der Waals surface area contributed by atoms with Gasteiger partial charge in [-0.15, -0.1) is 0 Å². The molecule has 0 aliphatic rings. The van der Waals surface area contributed by atoms with Crippen molar-refractivity contribution in [1.82, 2.24) is 0 Å². The van der Waals surface area contributed by atoms with E-state index < -0.39 is 0 Å². The minimum absolute atomic E-state index is 0.311. The predicted molar refractivity (Wildman–Crippen MR) is 41.6 cm³/mol. The molecule has 0 amide bonds. The van der Waals surface area contributed by atoms with E-state index in [1.807, 2.05) is 13.0 Å². The van der Waals surface area contributed by atoms with Gasteiger partial charge in [-0.05, 0) is 30.2 Å². The van der Waals surface area contributed by atoms with E-state index in [0.717, 1.165) is 11.1 Å². The molecule has 0 spiro atoms. The SMILES string of the molecule is [CH]=Cc1ccc(O)c(C)c1. The maximum atomic E-state index is 9.08. The number of phenolic OH excluding ortho intramolecular Hbond substituents is 1. The lowest BCUT2D eigenvalue weighted by molar-refractivity contribution is 0.471. The fraction of sp³-hybridized carbons (Fsp3) is 0.111. The summed E-state index contributed by atoms with van der Waals surface area (Å²) in [6, 6.07) is 5.23. The molecule has 1 aromatic rings. The summed E-state index contributed by atoms with van der Waals surface area (Å²) in [6.07, 6.45) is 1.51. The molecule has 1 N–H and O–H groups in total. The molecule has 0 saturated carbocycles. The highest BCUT2D eigenvalue weighted by molar-refractivity contribution is 5.49. The van der Waals surface area contributed by atoms with Crippen molar-refractivity contribution in [1.29, 1.82) is 0 Å². The molecule has 1 radical (unpaired) electrons. The molecule has 0 atom stereocenters. The molecule has 0 heterocycles. The Bertz CT molecular complexity index is 251. The van der Waals surface area contributed by atoms with E-state index in [2.05, 4.69) is 0 Å². The lowest BCUT2D eigenvalue weighted by Gasteiger charge is -1.97. The molecular weight excluding hydrogens is 124 g/mol. The summed E-state index contributed by atoms with van der Waals surface area (Å²) in [5, 5.41) is 9.08. The molecule has 0 aliphatic heterocycles. The molecule has 1 aromatic carbocycles. The van der Waals surface area contributed by atoms with Crippen LogP contribution in [0.2, 0.25) is 0 Å². The van der Waals surface area contributed by atoms with Crippen molar-refractivity contribution in [2.45, 2.75) is 6.92 Å². The number of benzene rings is 1. The van der Waals surface area contributed by atoms with Crippen molar-refractivity contribution >= 4 is 6.08 Å². The van der Waals surface area contributed by atoms with E-state index in [1.165, 1.54) is 6.08 Å². The molecule has 1 nitrogen and oxygen atoms in total. The largest absolute Gasteiger partial charge is 0.508 e. The third-order valence-corrected chi connectivity index (χ3v) is 1.41. The van der Waals surface area contributed by atoms with Crippen molar-refractivity contribution in [2.24, 2.45) is 0 Å². The topological polar surface area (TPSA) is 20.2 Å². The Hall–Kier alpha value is -1.24. The van der Waals surface area contributed by atoms with Crippen LogP contribution in [0, 0.1) is 13.5 Å². The van der Waals surface area contributed by atoms with E-state index in [0.29, 0.717) is 5.75 Å². The fourth-order valence-electron chi connectivity index (χ4n) is 0.782. The van der Waals surface area contributed by atoms with Gasteiger partial charge in [0.1, 0.15) is 5.75 Å². The van der Waals surface area contributed by atoms with Crippen molar-refractivity contribution in [2.75, 3.05) is 0 Å². The van der Waals surface area contributed by atoms with E-state index in [1.54, 1.807) is 12.1 Å². The molecule has 1 heteroatoms. The quantitative estimate of drug-likeness (QED) is 0.622. The van der Waals surface area contributed by atoms with Gasteiger partial charge in [0.15, 0.2) is 0 Å². The van der Waals surface area contributed by atoms with Gasteiger partial charge in [-0.1, -0.05) is 18.7 Å². The molecular formula is C9H9O. The van der Waals surface area contributed by atoms with Crippen LogP contribution in [-0.4, -0.2) is 5.11 Å². The third kappa shape index (κ3) is 1.18. The van der Waals surface area contributed by atoms with E-state index in [9.17, 15) is 0 Å². The Morgan fingerprint density at radius 1 is 1.50 bits per heavy atom. The Balaban J connectivity index is 3.16. The maximum absolute atomic E-state index is 9.08. The standard InChI is InChI=1S/C9H9O/c1-3-8-4-5-9(10)7(2)6-8/h1,3-6,10H,2H3. The average Bonchev–Trinajstić information content (AvgIpc) is 1.95. The average molecular weight is 133 g/mol. The summed E-state index contributed by atoms with van der Waals surface area (Å²) in [7, 11) is 0. The molecule has 1 rings (SSSR count). The van der Waals surface area contributed by atoms with Crippen LogP contribution in [0.4, 0.5) is 0 Å². The first-order valence-corrected chi connectivity index (χ1v) is 3.08. The second-order valence-electron chi connectivity index (χ2n) is 2.21. The van der Waals surface area contributed by atoms with Gasteiger partial charge in [0.25, 0.3) is 0 Å². The van der Waals surface area contributed by atoms with Crippen LogP contribution in [0.25, 0.3) is 6.08 Å². The van der Waals surface area contributed by atoms with Crippen molar-refractivity contribution in [3.8, 4) is 5.75 Å². The molecule has 51 valence electrons. The van der Waals surface area contributed by atoms with Gasteiger partial charge in [0.2, 0.25) is 0 Å². The number of rotatable bonds is 1. The van der Waals surface area contributed by atoms with Crippen LogP contribution < -0.4 is 0 Å². The van der Waals surface area contributed by atoms with Crippen LogP contribution in [0.5, 0.6) is 5.75 Å². The highest BCUT2D eigenvalue weighted by Gasteiger charge is 1.93. The number of phenols is 1. The van der Waals surface area contributed by atoms with Gasteiger partial charge in [0.05, 0.1) is 0 Å². The van der Waals surface area contributed by atoms with Crippen LogP contribution in [-0.2, 0) is 0 Å². The molecule has 0 unspecified atom stereocenters. The van der Waals surface area contributed by atoms with Crippen molar-refractivity contribution in [3.05, 3.63) is 35.9 Å². The predicted octanol–water partition coefficient (Wildman–Crippen LogP) is 2.15. The summed E-state index contributed by atoms with van der Waals surface area (Å²) < 4.78 is 0. The zero-order valence-electron chi connectivity index (χ0n) is 5.83. The van der Waals surface area contributed by atoms with Crippen LogP contribution >= 0.6 is 0 Å². The van der Waals surface area contributed by atoms with Crippen LogP contribution in [0.15, 0.2) is 18.2 Å². The summed E-state index contributed by atoms with van der Waals surface area (Å²) in [5.41, 5.74) is 1.77. The first-order chi connectivity index (χ1) is 4.74. The first kappa shape index (κ1) is 6.87. The highest BCUT2D eigenvalue weighted by Crippen LogP contribution is 2.16. The van der Waals surface area contributed by atoms with E-state index in [4.69, 9.17) is 11.7 Å². The zero-order chi connectivity index (χ0) is 7.56. The number of hydrogen-bond donors (Lipinski definition) is 1. The van der Waals surface area contributed by atoms with E-state index >= 15 is 0 Å². The Kier molecular flexibility index (Phi) is 1.76. The van der Waals surface area contributed by atoms with E-state index in [-0.39, 0.29) is 0 Å². The first-order valence-electron chi connectivity index (χ1n) is 3.08. The highest BCUT2D eigenvalue weighted by atomic mass is 16.3. The fourth-order valence-corrected chi connectivity index (χ4v) is 0.782. The van der Waals surface area contributed by atoms with Crippen molar-refractivity contribution in [3.63, 3.8) is 0 Å². The van der Waals surface area contributed by atoms with Crippen molar-refractivity contribution < 1.29 is 5.11 Å². The summed E-state index contributed by atoms with van der Waals surface area (Å²) in [6.45, 7) is 7.10. The second-order valence-corrected chi connectivity index (χ2v) is 2.21. The zero-order valence-corrected chi connectivity index (χ0v) is 5.83. The minimum atomic E-state index is 0.311. The number of aromatic hydroxyl groups is 1. The summed E-state index contributed by atoms with van der Waals surface area (Å²) in [4.78, 5) is 0. The minimum Gasteiger partial charge on any atom is -0.508 e. The molecule has 0 bridgehead atoms. The van der Waals surface area contributed by atoms with Gasteiger partial charge in [0, 0.05) is 0 Å². The van der Waals surface area contributed by atoms with Gasteiger partial charge in [-0.2, -0.15) is 0 Å². The monoisotopic (exact) mass is 133 g/mol. The number of hydrogen-bond acceptors (Lipinski definition) is 1. The van der Waals surface area contributed by atoms with Gasteiger partial charge >= 0.3 is 0 Å². The molecule has 0 aliphatic carbocycles. The lowest BCUT2D eigenvalue weighted by atomic mass is 10.1. The molecule has 0 fully saturated rings. The number of aryl methyl sites for hydroxylation is 1. The van der Waals surface area contributed by atoms with Gasteiger partial charge < -0.3 is 5.11 Å². The molecule has 10 heavy (non-hydrogen) atoms. The second kappa shape index (κ2) is 2.56. The Morgan fingerprint density at radius 3 is 2.70 bits per heavy atom. The van der Waals surface area contributed by atoms with Crippen LogP contribution in [0.3, 0.4) is 0 Å². The Labute approximate surface area is 60.6 Å². The summed E-state index contributed by atoms with van der Waals surface area (Å²) >= 11 is 0. The smallest absolute Gasteiger partial charge is 0.118 e. The maximum Gasteiger partial charge on any atom is 0.118 e. The van der Waals surface area contributed by atoms with Crippen LogP contribution in [0.1, 0.15) is 11.1 Å². The third-order valence-electron chi connectivity index (χ3n) is 1.41. The lowest BCUT2D eigenvalue weighted by Crippen LogP contribution is -1.75. The van der Waals surface area contributed by atoms with Gasteiger partial charge in [-0.3, -0.25) is 0 Å². The Morgan fingerprint density at radius 2 is 2.20 bits per heavy atom.